The maximum absolute atomic E-state index is 9.09. The zero-order valence-corrected chi connectivity index (χ0v) is 10.00. The van der Waals surface area contributed by atoms with Crippen molar-refractivity contribution in [2.24, 2.45) is 11.7 Å². The van der Waals surface area contributed by atoms with E-state index in [9.17, 15) is 0 Å². The van der Waals surface area contributed by atoms with Gasteiger partial charge in [0.2, 0.25) is 0 Å². The van der Waals surface area contributed by atoms with Crippen LogP contribution in [0.25, 0.3) is 0 Å². The Balaban J connectivity index is 1.96. The van der Waals surface area contributed by atoms with Crippen molar-refractivity contribution in [3.05, 3.63) is 18.0 Å². The van der Waals surface area contributed by atoms with E-state index in [2.05, 4.69) is 16.0 Å². The van der Waals surface area contributed by atoms with Crippen LogP contribution in [0.3, 0.4) is 0 Å². The third-order valence-corrected chi connectivity index (χ3v) is 3.80. The van der Waals surface area contributed by atoms with Crippen LogP contribution in [-0.2, 0) is 0 Å². The molecule has 1 saturated carbocycles. The van der Waals surface area contributed by atoms with Crippen LogP contribution in [0.1, 0.15) is 18.4 Å². The molecule has 0 aromatic carbocycles. The van der Waals surface area contributed by atoms with Crippen molar-refractivity contribution in [3.63, 3.8) is 0 Å². The minimum atomic E-state index is -0.709. The first-order valence-electron chi connectivity index (χ1n) is 5.25. The quantitative estimate of drug-likeness (QED) is 0.631. The number of aryl methyl sites for hydroxylation is 1. The fourth-order valence-electron chi connectivity index (χ4n) is 1.48. The van der Waals surface area contributed by atoms with Crippen molar-refractivity contribution in [2.75, 3.05) is 5.75 Å². The normalized spacial score (nSPS) is 18.8. The van der Waals surface area contributed by atoms with Crippen LogP contribution < -0.4 is 5.73 Å². The van der Waals surface area contributed by atoms with Gasteiger partial charge in [-0.25, -0.2) is 9.97 Å². The maximum Gasteiger partial charge on any atom is 0.187 e. The lowest BCUT2D eigenvalue weighted by molar-refractivity contribution is 0.532. The summed E-state index contributed by atoms with van der Waals surface area (Å²) in [4.78, 5) is 8.36. The number of nitriles is 1. The van der Waals surface area contributed by atoms with Gasteiger partial charge in [-0.2, -0.15) is 5.26 Å². The molecule has 1 aliphatic rings. The van der Waals surface area contributed by atoms with Crippen LogP contribution in [0.15, 0.2) is 17.6 Å². The molecule has 4 nitrogen and oxygen atoms in total. The molecule has 0 bridgehead atoms. The molecular formula is C11H14N4S. The molecule has 1 unspecified atom stereocenters. The van der Waals surface area contributed by atoms with Gasteiger partial charge >= 0.3 is 0 Å². The Morgan fingerprint density at radius 2 is 2.19 bits per heavy atom. The highest BCUT2D eigenvalue weighted by atomic mass is 32.2. The maximum atomic E-state index is 9.09. The molecule has 1 fully saturated rings. The van der Waals surface area contributed by atoms with Crippen molar-refractivity contribution < 1.29 is 0 Å². The number of nitrogens with zero attached hydrogens (tertiary/aromatic N) is 3. The van der Waals surface area contributed by atoms with Crippen LogP contribution in [0, 0.1) is 24.2 Å². The van der Waals surface area contributed by atoms with Crippen LogP contribution >= 0.6 is 11.8 Å². The Hall–Kier alpha value is -1.12. The third kappa shape index (κ3) is 2.52. The Morgan fingerprint density at radius 1 is 1.56 bits per heavy atom. The summed E-state index contributed by atoms with van der Waals surface area (Å²) in [6.45, 7) is 1.95. The molecule has 1 atom stereocenters. The number of aromatic nitrogens is 2. The van der Waals surface area contributed by atoms with Crippen LogP contribution in [0.5, 0.6) is 0 Å². The molecule has 0 amide bonds. The summed E-state index contributed by atoms with van der Waals surface area (Å²) < 4.78 is 0. The summed E-state index contributed by atoms with van der Waals surface area (Å²) in [5, 5.41) is 9.78. The molecule has 0 aliphatic heterocycles. The highest BCUT2D eigenvalue weighted by molar-refractivity contribution is 7.99. The Labute approximate surface area is 99.3 Å². The highest BCUT2D eigenvalue weighted by Gasteiger charge is 2.42. The molecule has 2 rings (SSSR count). The average Bonchev–Trinajstić information content (AvgIpc) is 3.12. The van der Waals surface area contributed by atoms with E-state index >= 15 is 0 Å². The molecule has 1 aromatic rings. The minimum Gasteiger partial charge on any atom is -0.312 e. The second-order valence-corrected chi connectivity index (χ2v) is 5.20. The Kier molecular flexibility index (Phi) is 3.13. The van der Waals surface area contributed by atoms with Gasteiger partial charge in [0.15, 0.2) is 5.16 Å². The van der Waals surface area contributed by atoms with E-state index in [1.165, 1.54) is 11.8 Å². The molecule has 5 heteroatoms. The largest absolute Gasteiger partial charge is 0.312 e. The summed E-state index contributed by atoms with van der Waals surface area (Å²) in [6, 6.07) is 2.22. The predicted octanol–water partition coefficient (Wildman–Crippen LogP) is 1.51. The molecule has 0 radical (unpaired) electrons. The zero-order valence-electron chi connectivity index (χ0n) is 9.18. The zero-order chi connectivity index (χ0) is 11.6. The van der Waals surface area contributed by atoms with Gasteiger partial charge in [0.1, 0.15) is 5.54 Å². The lowest BCUT2D eigenvalue weighted by Crippen LogP contribution is -2.43. The first kappa shape index (κ1) is 11.4. The second-order valence-electron chi connectivity index (χ2n) is 4.26. The summed E-state index contributed by atoms with van der Waals surface area (Å²) in [6.07, 6.45) is 5.69. The predicted molar refractivity (Wildman–Crippen MR) is 62.7 cm³/mol. The minimum absolute atomic E-state index is 0.357. The number of hydrogen-bond donors (Lipinski definition) is 1. The third-order valence-electron chi connectivity index (χ3n) is 2.71. The van der Waals surface area contributed by atoms with Crippen molar-refractivity contribution in [1.82, 2.24) is 9.97 Å². The second kappa shape index (κ2) is 4.40. The summed E-state index contributed by atoms with van der Waals surface area (Å²) >= 11 is 1.46. The van der Waals surface area contributed by atoms with Crippen molar-refractivity contribution in [1.29, 1.82) is 5.26 Å². The molecule has 16 heavy (non-hydrogen) atoms. The first-order chi connectivity index (χ1) is 7.64. The van der Waals surface area contributed by atoms with Gasteiger partial charge in [-0.15, -0.1) is 0 Å². The van der Waals surface area contributed by atoms with E-state index in [1.54, 1.807) is 12.4 Å². The van der Waals surface area contributed by atoms with Gasteiger partial charge < -0.3 is 5.73 Å². The van der Waals surface area contributed by atoms with Gasteiger partial charge in [0.25, 0.3) is 0 Å². The number of thioether (sulfide) groups is 1. The van der Waals surface area contributed by atoms with Gasteiger partial charge in [-0.05, 0) is 31.2 Å². The molecule has 0 saturated heterocycles. The number of hydrogen-bond acceptors (Lipinski definition) is 5. The van der Waals surface area contributed by atoms with Crippen molar-refractivity contribution >= 4 is 11.8 Å². The summed E-state index contributed by atoms with van der Waals surface area (Å²) in [5.74, 6) is 0.924. The summed E-state index contributed by atoms with van der Waals surface area (Å²) in [7, 11) is 0. The molecular weight excluding hydrogens is 220 g/mol. The number of rotatable bonds is 4. The molecule has 0 spiro atoms. The van der Waals surface area contributed by atoms with Crippen molar-refractivity contribution in [3.8, 4) is 6.07 Å². The monoisotopic (exact) mass is 234 g/mol. The van der Waals surface area contributed by atoms with E-state index in [0.717, 1.165) is 18.4 Å². The molecule has 1 aliphatic carbocycles. The van der Waals surface area contributed by atoms with E-state index in [1.807, 2.05) is 6.92 Å². The first-order valence-corrected chi connectivity index (χ1v) is 6.24. The molecule has 2 N–H and O–H groups in total. The summed E-state index contributed by atoms with van der Waals surface area (Å²) in [5.41, 5.74) is 6.37. The SMILES string of the molecule is Cc1cnc(SCC(N)(C#N)C2CC2)nc1. The lowest BCUT2D eigenvalue weighted by Gasteiger charge is -2.19. The molecule has 1 heterocycles. The van der Waals surface area contributed by atoms with E-state index in [-0.39, 0.29) is 0 Å². The van der Waals surface area contributed by atoms with Gasteiger partial charge in [0, 0.05) is 18.1 Å². The van der Waals surface area contributed by atoms with Crippen molar-refractivity contribution in [2.45, 2.75) is 30.5 Å². The smallest absolute Gasteiger partial charge is 0.187 e. The topological polar surface area (TPSA) is 75.6 Å². The lowest BCUT2D eigenvalue weighted by atomic mass is 10.00. The van der Waals surface area contributed by atoms with Gasteiger partial charge in [-0.1, -0.05) is 11.8 Å². The Morgan fingerprint density at radius 3 is 2.69 bits per heavy atom. The van der Waals surface area contributed by atoms with Gasteiger partial charge in [-0.3, -0.25) is 0 Å². The van der Waals surface area contributed by atoms with E-state index in [0.29, 0.717) is 16.8 Å². The average molecular weight is 234 g/mol. The molecule has 1 aromatic heterocycles. The number of nitrogens with two attached hydrogens (primary N) is 1. The standard InChI is InChI=1S/C11H14N4S/c1-8-4-14-10(15-5-8)16-7-11(13,6-12)9-2-3-9/h4-5,9H,2-3,7,13H2,1H3. The fourth-order valence-corrected chi connectivity index (χ4v) is 2.40. The fraction of sp³-hybridized carbons (Fsp3) is 0.545. The van der Waals surface area contributed by atoms with Gasteiger partial charge in [0.05, 0.1) is 6.07 Å². The van der Waals surface area contributed by atoms with Crippen LogP contribution in [0.2, 0.25) is 0 Å². The highest BCUT2D eigenvalue weighted by Crippen LogP contribution is 2.40. The van der Waals surface area contributed by atoms with E-state index < -0.39 is 5.54 Å². The van der Waals surface area contributed by atoms with E-state index in [4.69, 9.17) is 11.0 Å². The molecule has 84 valence electrons. The van der Waals surface area contributed by atoms with Crippen LogP contribution in [0.4, 0.5) is 0 Å². The van der Waals surface area contributed by atoms with Crippen LogP contribution in [-0.4, -0.2) is 21.3 Å². The Bertz CT molecular complexity index is 407.